The van der Waals surface area contributed by atoms with E-state index in [1.165, 1.54) is 0 Å². The Kier molecular flexibility index (Phi) is 4.42. The molecule has 0 unspecified atom stereocenters. The minimum Gasteiger partial charge on any atom is -0.473 e. The molecule has 0 saturated carbocycles. The van der Waals surface area contributed by atoms with Crippen molar-refractivity contribution in [1.29, 1.82) is 0 Å². The number of nitrogens with one attached hydrogen (secondary N) is 1. The average molecular weight is 401 g/mol. The summed E-state index contributed by atoms with van der Waals surface area (Å²) in [5, 5.41) is 9.32. The van der Waals surface area contributed by atoms with Crippen LogP contribution >= 0.6 is 0 Å². The lowest BCUT2D eigenvalue weighted by Gasteiger charge is -2.48. The lowest BCUT2D eigenvalue weighted by molar-refractivity contribution is -0.141. The molecule has 1 aromatic heterocycles. The number of amides is 3. The van der Waals surface area contributed by atoms with E-state index in [1.54, 1.807) is 9.80 Å². The molecule has 0 atom stereocenters. The van der Waals surface area contributed by atoms with Gasteiger partial charge >= 0.3 is 18.3 Å². The number of nitrogens with zero attached hydrogens (tertiary/aromatic N) is 4. The van der Waals surface area contributed by atoms with Gasteiger partial charge in [0.15, 0.2) is 5.69 Å². The second-order valence-corrected chi connectivity index (χ2v) is 7.18. The molecule has 0 aliphatic carbocycles. The number of hydrogen-bond acceptors (Lipinski definition) is 6. The van der Waals surface area contributed by atoms with Crippen molar-refractivity contribution in [2.75, 3.05) is 32.8 Å². The minimum absolute atomic E-state index is 0.0273. The molecule has 28 heavy (non-hydrogen) atoms. The van der Waals surface area contributed by atoms with Crippen molar-refractivity contribution in [2.24, 2.45) is 0 Å². The Morgan fingerprint density at radius 3 is 2.46 bits per heavy atom. The van der Waals surface area contributed by atoms with Crippen LogP contribution in [0.2, 0.25) is 0 Å². The quantitative estimate of drug-likeness (QED) is 0.801. The maximum absolute atomic E-state index is 12.5. The fourth-order valence-corrected chi connectivity index (χ4v) is 3.55. The minimum atomic E-state index is -4.54. The topological polar surface area (TPSA) is 96.9 Å². The van der Waals surface area contributed by atoms with Crippen molar-refractivity contribution in [3.8, 4) is 5.88 Å². The van der Waals surface area contributed by atoms with Gasteiger partial charge in [-0.1, -0.05) is 0 Å². The Hall–Kier alpha value is -2.79. The van der Waals surface area contributed by atoms with Gasteiger partial charge in [-0.05, 0) is 6.07 Å². The zero-order chi connectivity index (χ0) is 19.9. The number of alkyl halides is 3. The van der Waals surface area contributed by atoms with E-state index in [0.717, 1.165) is 12.1 Å². The average Bonchev–Trinajstić information content (AvgIpc) is 3.02. The summed E-state index contributed by atoms with van der Waals surface area (Å²) in [5.74, 6) is 0.0273. The summed E-state index contributed by atoms with van der Waals surface area (Å²) in [7, 11) is 0. The molecule has 1 spiro atoms. The molecule has 152 valence electrons. The van der Waals surface area contributed by atoms with Gasteiger partial charge in [-0.25, -0.2) is 9.59 Å². The van der Waals surface area contributed by atoms with Gasteiger partial charge in [0.25, 0.3) is 0 Å². The molecule has 4 heterocycles. The SMILES string of the molecule is O=C1NC2(CO1)CN(C(=O)N1CCC(Oc3ccc(C(F)(F)F)nn3)CC1)C2. The summed E-state index contributed by atoms with van der Waals surface area (Å²) in [6, 6.07) is 1.86. The molecule has 3 fully saturated rings. The number of cyclic esters (lactones) is 1. The molecule has 3 aliphatic heterocycles. The van der Waals surface area contributed by atoms with Crippen molar-refractivity contribution < 1.29 is 32.2 Å². The molecule has 3 aliphatic rings. The third-order valence-electron chi connectivity index (χ3n) is 5.03. The van der Waals surface area contributed by atoms with Gasteiger partial charge in [0.1, 0.15) is 18.2 Å². The third-order valence-corrected chi connectivity index (χ3v) is 5.03. The van der Waals surface area contributed by atoms with Gasteiger partial charge in [-0.3, -0.25) is 0 Å². The summed E-state index contributed by atoms with van der Waals surface area (Å²) >= 11 is 0. The number of hydrogen-bond donors (Lipinski definition) is 1. The molecule has 4 rings (SSSR count). The molecule has 12 heteroatoms. The van der Waals surface area contributed by atoms with Crippen LogP contribution in [0.1, 0.15) is 18.5 Å². The van der Waals surface area contributed by atoms with Crippen LogP contribution in [0.5, 0.6) is 5.88 Å². The fourth-order valence-electron chi connectivity index (χ4n) is 3.55. The van der Waals surface area contributed by atoms with E-state index in [-0.39, 0.29) is 24.6 Å². The predicted molar refractivity (Wildman–Crippen MR) is 86.4 cm³/mol. The Morgan fingerprint density at radius 2 is 1.93 bits per heavy atom. The number of halogens is 3. The highest BCUT2D eigenvalue weighted by Crippen LogP contribution is 2.29. The van der Waals surface area contributed by atoms with Crippen LogP contribution < -0.4 is 10.1 Å². The highest BCUT2D eigenvalue weighted by Gasteiger charge is 2.52. The summed E-state index contributed by atoms with van der Waals surface area (Å²) in [4.78, 5) is 27.0. The normalized spacial score (nSPS) is 21.9. The van der Waals surface area contributed by atoms with Crippen molar-refractivity contribution in [1.82, 2.24) is 25.3 Å². The largest absolute Gasteiger partial charge is 0.473 e. The lowest BCUT2D eigenvalue weighted by atomic mass is 9.92. The van der Waals surface area contributed by atoms with E-state index in [0.29, 0.717) is 39.0 Å². The number of urea groups is 1. The lowest BCUT2D eigenvalue weighted by Crippen LogP contribution is -2.71. The van der Waals surface area contributed by atoms with Gasteiger partial charge in [0.2, 0.25) is 5.88 Å². The molecule has 3 amide bonds. The molecule has 3 saturated heterocycles. The smallest absolute Gasteiger partial charge is 0.435 e. The van der Waals surface area contributed by atoms with Gasteiger partial charge < -0.3 is 24.6 Å². The zero-order valence-corrected chi connectivity index (χ0v) is 14.7. The zero-order valence-electron chi connectivity index (χ0n) is 14.7. The maximum Gasteiger partial charge on any atom is 0.435 e. The number of piperidine rings is 1. The van der Waals surface area contributed by atoms with Crippen LogP contribution in [0.15, 0.2) is 12.1 Å². The van der Waals surface area contributed by atoms with Crippen LogP contribution in [0.25, 0.3) is 0 Å². The van der Waals surface area contributed by atoms with Gasteiger partial charge in [0, 0.05) is 32.0 Å². The summed E-state index contributed by atoms with van der Waals surface area (Å²) in [6.07, 6.45) is -4.18. The summed E-state index contributed by atoms with van der Waals surface area (Å²) < 4.78 is 48.0. The second-order valence-electron chi connectivity index (χ2n) is 7.18. The van der Waals surface area contributed by atoms with E-state index in [2.05, 4.69) is 15.5 Å². The number of aromatic nitrogens is 2. The summed E-state index contributed by atoms with van der Waals surface area (Å²) in [6.45, 7) is 2.01. The van der Waals surface area contributed by atoms with Crippen LogP contribution in [0, 0.1) is 0 Å². The molecule has 9 nitrogen and oxygen atoms in total. The Labute approximate surface area is 157 Å². The van der Waals surface area contributed by atoms with Gasteiger partial charge in [-0.2, -0.15) is 13.2 Å². The van der Waals surface area contributed by atoms with E-state index < -0.39 is 23.5 Å². The Morgan fingerprint density at radius 1 is 1.21 bits per heavy atom. The number of carbonyl (C=O) groups excluding carboxylic acids is 2. The third kappa shape index (κ3) is 3.62. The Balaban J connectivity index is 1.24. The molecule has 0 radical (unpaired) electrons. The van der Waals surface area contributed by atoms with E-state index in [9.17, 15) is 22.8 Å². The highest BCUT2D eigenvalue weighted by atomic mass is 19.4. The fraction of sp³-hybridized carbons (Fsp3) is 0.625. The molecule has 1 N–H and O–H groups in total. The van der Waals surface area contributed by atoms with Crippen LogP contribution in [0.4, 0.5) is 22.8 Å². The monoisotopic (exact) mass is 401 g/mol. The van der Waals surface area contributed by atoms with Crippen molar-refractivity contribution in [3.63, 3.8) is 0 Å². The van der Waals surface area contributed by atoms with Gasteiger partial charge in [-0.15, -0.1) is 10.2 Å². The van der Waals surface area contributed by atoms with E-state index >= 15 is 0 Å². The maximum atomic E-state index is 12.5. The second kappa shape index (κ2) is 6.67. The van der Waals surface area contributed by atoms with Crippen LogP contribution in [0.3, 0.4) is 0 Å². The summed E-state index contributed by atoms with van der Waals surface area (Å²) in [5.41, 5.74) is -1.54. The Bertz CT molecular complexity index is 759. The molecule has 1 aromatic rings. The van der Waals surface area contributed by atoms with Crippen LogP contribution in [-0.2, 0) is 10.9 Å². The first kappa shape index (κ1) is 18.6. The first-order valence-corrected chi connectivity index (χ1v) is 8.80. The first-order valence-electron chi connectivity index (χ1n) is 8.80. The first-order chi connectivity index (χ1) is 13.2. The molecular formula is C16H18F3N5O4. The highest BCUT2D eigenvalue weighted by molar-refractivity contribution is 5.78. The van der Waals surface area contributed by atoms with E-state index in [4.69, 9.17) is 9.47 Å². The van der Waals surface area contributed by atoms with Gasteiger partial charge in [0.05, 0.1) is 13.1 Å². The number of rotatable bonds is 2. The van der Waals surface area contributed by atoms with Crippen molar-refractivity contribution in [3.05, 3.63) is 17.8 Å². The molecule has 0 aromatic carbocycles. The van der Waals surface area contributed by atoms with E-state index in [1.807, 2.05) is 0 Å². The molecule has 0 bridgehead atoms. The number of alkyl carbamates (subject to hydrolysis) is 1. The van der Waals surface area contributed by atoms with Crippen molar-refractivity contribution >= 4 is 12.1 Å². The number of carbonyl (C=O) groups is 2. The van der Waals surface area contributed by atoms with Crippen LogP contribution in [-0.4, -0.2) is 76.6 Å². The molecular weight excluding hydrogens is 383 g/mol. The number of ether oxygens (including phenoxy) is 2. The van der Waals surface area contributed by atoms with Crippen molar-refractivity contribution in [2.45, 2.75) is 30.7 Å². The standard InChI is InChI=1S/C16H18F3N5O4/c17-16(18,19)11-1-2-12(22-21-11)28-10-3-5-23(6-4-10)14(26)24-7-15(8-24)9-27-13(25)20-15/h1-2,10H,3-9H2,(H,20,25). The predicted octanol–water partition coefficient (Wildman–Crippen LogP) is 1.25. The number of likely N-dealkylation sites (tertiary alicyclic amines) is 2.